The topological polar surface area (TPSA) is 49.4 Å². The number of anilines is 1. The van der Waals surface area contributed by atoms with Gasteiger partial charge < -0.3 is 5.32 Å². The molecule has 2 aromatic rings. The van der Waals surface area contributed by atoms with Crippen molar-refractivity contribution in [3.8, 4) is 0 Å². The summed E-state index contributed by atoms with van der Waals surface area (Å²) in [7, 11) is 0. The number of halogens is 3. The highest BCUT2D eigenvalue weighted by Gasteiger charge is 2.31. The number of nitrogens with zero attached hydrogens (tertiary/aromatic N) is 1. The summed E-state index contributed by atoms with van der Waals surface area (Å²) in [6.45, 7) is 0.518. The van der Waals surface area contributed by atoms with Crippen LogP contribution in [0, 0.1) is 0 Å². The summed E-state index contributed by atoms with van der Waals surface area (Å²) in [5.74, 6) is -0.180. The van der Waals surface area contributed by atoms with Gasteiger partial charge in [0.15, 0.2) is 0 Å². The average molecular weight is 514 g/mol. The summed E-state index contributed by atoms with van der Waals surface area (Å²) in [4.78, 5) is 26.9. The molecule has 2 amide bonds. The summed E-state index contributed by atoms with van der Waals surface area (Å²) in [6, 6.07) is 12.3. The van der Waals surface area contributed by atoms with Gasteiger partial charge in [0.05, 0.1) is 15.0 Å². The summed E-state index contributed by atoms with van der Waals surface area (Å²) < 4.78 is 0.523. The molecule has 2 aromatic carbocycles. The van der Waals surface area contributed by atoms with Gasteiger partial charge in [-0.15, -0.1) is 0 Å². The summed E-state index contributed by atoms with van der Waals surface area (Å²) >= 11 is 24.7. The minimum atomic E-state index is -0.133. The van der Waals surface area contributed by atoms with Crippen LogP contribution in [0.2, 0.25) is 15.1 Å². The van der Waals surface area contributed by atoms with Crippen LogP contribution < -0.4 is 5.32 Å². The number of hydrogen-bond acceptors (Lipinski definition) is 4. The van der Waals surface area contributed by atoms with E-state index < -0.39 is 0 Å². The van der Waals surface area contributed by atoms with E-state index in [1.165, 1.54) is 11.8 Å². The molecular formula is C22H19Cl3N2O2S2. The Kier molecular flexibility index (Phi) is 8.81. The van der Waals surface area contributed by atoms with Crippen molar-refractivity contribution in [1.29, 1.82) is 0 Å². The number of thioether (sulfide) groups is 1. The predicted octanol–water partition coefficient (Wildman–Crippen LogP) is 7.05. The first-order valence-corrected chi connectivity index (χ1v) is 12.0. The molecule has 0 unspecified atom stereocenters. The Hall–Kier alpha value is -1.57. The predicted molar refractivity (Wildman–Crippen MR) is 135 cm³/mol. The Bertz CT molecular complexity index is 1030. The molecule has 162 valence electrons. The van der Waals surface area contributed by atoms with Gasteiger partial charge in [-0.3, -0.25) is 14.5 Å². The second kappa shape index (κ2) is 11.3. The third kappa shape index (κ3) is 6.70. The number of thiocarbonyl (C=S) groups is 1. The maximum absolute atomic E-state index is 12.7. The fourth-order valence-corrected chi connectivity index (χ4v) is 4.74. The molecule has 31 heavy (non-hydrogen) atoms. The van der Waals surface area contributed by atoms with Crippen LogP contribution in [0.1, 0.15) is 31.2 Å². The molecule has 1 heterocycles. The monoisotopic (exact) mass is 512 g/mol. The van der Waals surface area contributed by atoms with Crippen molar-refractivity contribution in [2.24, 2.45) is 0 Å². The molecular weight excluding hydrogens is 495 g/mol. The van der Waals surface area contributed by atoms with Gasteiger partial charge in [0, 0.05) is 23.7 Å². The van der Waals surface area contributed by atoms with E-state index in [1.807, 2.05) is 0 Å². The van der Waals surface area contributed by atoms with Crippen LogP contribution >= 0.6 is 58.8 Å². The van der Waals surface area contributed by atoms with E-state index in [1.54, 1.807) is 53.4 Å². The van der Waals surface area contributed by atoms with Gasteiger partial charge in [0.1, 0.15) is 4.32 Å². The molecule has 4 nitrogen and oxygen atoms in total. The van der Waals surface area contributed by atoms with E-state index in [2.05, 4.69) is 5.32 Å². The van der Waals surface area contributed by atoms with Crippen molar-refractivity contribution < 1.29 is 9.59 Å². The van der Waals surface area contributed by atoms with Crippen LogP contribution in [0.25, 0.3) is 6.08 Å². The molecule has 0 bridgehead atoms. The number of rotatable bonds is 8. The third-order valence-electron chi connectivity index (χ3n) is 4.56. The Morgan fingerprint density at radius 2 is 1.81 bits per heavy atom. The number of nitrogens with one attached hydrogen (secondary N) is 1. The summed E-state index contributed by atoms with van der Waals surface area (Å²) in [5.41, 5.74) is 1.40. The van der Waals surface area contributed by atoms with Crippen molar-refractivity contribution >= 4 is 86.7 Å². The van der Waals surface area contributed by atoms with Crippen molar-refractivity contribution in [1.82, 2.24) is 4.90 Å². The van der Waals surface area contributed by atoms with Crippen LogP contribution in [-0.2, 0) is 9.59 Å². The molecule has 0 saturated carbocycles. The molecule has 1 saturated heterocycles. The number of amides is 2. The molecule has 1 N–H and O–H groups in total. The summed E-state index contributed by atoms with van der Waals surface area (Å²) in [5, 5.41) is 4.31. The number of benzene rings is 2. The molecule has 0 atom stereocenters. The summed E-state index contributed by atoms with van der Waals surface area (Å²) in [6.07, 6.45) is 4.42. The molecule has 3 rings (SSSR count). The molecule has 0 aliphatic carbocycles. The highest BCUT2D eigenvalue weighted by Crippen LogP contribution is 2.35. The first kappa shape index (κ1) is 24.1. The van der Waals surface area contributed by atoms with Gasteiger partial charge in [-0.25, -0.2) is 0 Å². The van der Waals surface area contributed by atoms with Gasteiger partial charge in [-0.05, 0) is 54.8 Å². The van der Waals surface area contributed by atoms with Crippen molar-refractivity contribution in [3.63, 3.8) is 0 Å². The van der Waals surface area contributed by atoms with Crippen molar-refractivity contribution in [3.05, 3.63) is 68.0 Å². The average Bonchev–Trinajstić information content (AvgIpc) is 3.00. The lowest BCUT2D eigenvalue weighted by Gasteiger charge is -2.14. The molecule has 0 aromatic heterocycles. The lowest BCUT2D eigenvalue weighted by atomic mass is 10.1. The van der Waals surface area contributed by atoms with Crippen LogP contribution in [0.5, 0.6) is 0 Å². The van der Waals surface area contributed by atoms with E-state index in [0.29, 0.717) is 42.8 Å². The second-order valence-corrected chi connectivity index (χ2v) is 9.74. The van der Waals surface area contributed by atoms with Gasteiger partial charge in [-0.2, -0.15) is 0 Å². The lowest BCUT2D eigenvalue weighted by molar-refractivity contribution is -0.122. The molecule has 9 heteroatoms. The van der Waals surface area contributed by atoms with Crippen molar-refractivity contribution in [2.75, 3.05) is 11.9 Å². The second-order valence-electron chi connectivity index (χ2n) is 6.84. The van der Waals surface area contributed by atoms with E-state index in [9.17, 15) is 9.59 Å². The highest BCUT2D eigenvalue weighted by molar-refractivity contribution is 8.26. The largest absolute Gasteiger partial charge is 0.326 e. The maximum atomic E-state index is 12.7. The van der Waals surface area contributed by atoms with E-state index in [-0.39, 0.29) is 11.8 Å². The minimum absolute atomic E-state index is 0.0470. The van der Waals surface area contributed by atoms with E-state index >= 15 is 0 Å². The zero-order valence-corrected chi connectivity index (χ0v) is 20.3. The van der Waals surface area contributed by atoms with Crippen LogP contribution in [0.15, 0.2) is 47.4 Å². The van der Waals surface area contributed by atoms with Gasteiger partial charge in [0.25, 0.3) is 5.91 Å². The Balaban J connectivity index is 1.44. The standard InChI is InChI=1S/C22H19Cl3N2O2S2/c23-15-8-10-16(11-9-15)26-19(28)7-2-1-3-12-27-21(29)18(31-22(27)30)13-14-5-4-6-17(24)20(14)25/h4-6,8-11,13H,1-3,7,12H2,(H,26,28)/b18-13-. The van der Waals surface area contributed by atoms with Gasteiger partial charge in [-0.1, -0.05) is 77.3 Å². The smallest absolute Gasteiger partial charge is 0.266 e. The fraction of sp³-hybridized carbons (Fsp3) is 0.227. The Labute approximate surface area is 205 Å². The van der Waals surface area contributed by atoms with E-state index in [0.717, 1.165) is 24.9 Å². The Morgan fingerprint density at radius 1 is 1.06 bits per heavy atom. The zero-order chi connectivity index (χ0) is 22.4. The number of unbranched alkanes of at least 4 members (excludes halogenated alkanes) is 2. The normalized spacial score (nSPS) is 15.1. The first-order chi connectivity index (χ1) is 14.8. The van der Waals surface area contributed by atoms with Crippen LogP contribution in [0.4, 0.5) is 5.69 Å². The van der Waals surface area contributed by atoms with Gasteiger partial charge in [0.2, 0.25) is 5.91 Å². The highest BCUT2D eigenvalue weighted by atomic mass is 35.5. The molecule has 1 aliphatic heterocycles. The quantitative estimate of drug-likeness (QED) is 0.233. The minimum Gasteiger partial charge on any atom is -0.326 e. The zero-order valence-electron chi connectivity index (χ0n) is 16.4. The lowest BCUT2D eigenvalue weighted by Crippen LogP contribution is -2.29. The van der Waals surface area contributed by atoms with Crippen LogP contribution in [-0.4, -0.2) is 27.6 Å². The number of carbonyl (C=O) groups is 2. The number of carbonyl (C=O) groups excluding carboxylic acids is 2. The van der Waals surface area contributed by atoms with Crippen LogP contribution in [0.3, 0.4) is 0 Å². The van der Waals surface area contributed by atoms with Crippen molar-refractivity contribution in [2.45, 2.75) is 25.7 Å². The Morgan fingerprint density at radius 3 is 2.55 bits per heavy atom. The molecule has 1 aliphatic rings. The molecule has 0 spiro atoms. The maximum Gasteiger partial charge on any atom is 0.266 e. The SMILES string of the molecule is O=C(CCCCCN1C(=O)/C(=C/c2cccc(Cl)c2Cl)SC1=S)Nc1ccc(Cl)cc1. The first-order valence-electron chi connectivity index (χ1n) is 9.60. The number of hydrogen-bond donors (Lipinski definition) is 1. The third-order valence-corrected chi connectivity index (χ3v) is 7.02. The fourth-order valence-electron chi connectivity index (χ4n) is 2.95. The molecule has 1 fully saturated rings. The van der Waals surface area contributed by atoms with E-state index in [4.69, 9.17) is 47.0 Å². The van der Waals surface area contributed by atoms with Gasteiger partial charge >= 0.3 is 0 Å². The molecule has 0 radical (unpaired) electrons.